The highest BCUT2D eigenvalue weighted by Gasteiger charge is 2.35. The van der Waals surface area contributed by atoms with Crippen molar-refractivity contribution < 1.29 is 9.59 Å². The Balaban J connectivity index is 1.53. The van der Waals surface area contributed by atoms with E-state index in [1.54, 1.807) is 0 Å². The molecular formula is C20H19N5O2. The average molecular weight is 361 g/mol. The first-order valence-electron chi connectivity index (χ1n) is 8.71. The summed E-state index contributed by atoms with van der Waals surface area (Å²) in [5.41, 5.74) is 3.63. The molecule has 27 heavy (non-hydrogen) atoms. The zero-order chi connectivity index (χ0) is 19.0. The Hall–Kier alpha value is -3.48. The number of nitrogens with one attached hydrogen (secondary N) is 2. The molecule has 0 bridgehead atoms. The molecule has 0 unspecified atom stereocenters. The summed E-state index contributed by atoms with van der Waals surface area (Å²) in [6.45, 7) is 3.89. The Morgan fingerprint density at radius 1 is 1.19 bits per heavy atom. The molecule has 1 aromatic heterocycles. The van der Waals surface area contributed by atoms with Gasteiger partial charge >= 0.3 is 0 Å². The number of fused-ring (bicyclic) bond motifs is 1. The lowest BCUT2D eigenvalue weighted by atomic mass is 10.1. The van der Waals surface area contributed by atoms with Crippen LogP contribution in [0.3, 0.4) is 0 Å². The monoisotopic (exact) mass is 361 g/mol. The van der Waals surface area contributed by atoms with Gasteiger partial charge in [-0.05, 0) is 31.0 Å². The van der Waals surface area contributed by atoms with Gasteiger partial charge in [0.15, 0.2) is 5.82 Å². The summed E-state index contributed by atoms with van der Waals surface area (Å²) in [7, 11) is 0. The minimum absolute atomic E-state index is 0.0101. The van der Waals surface area contributed by atoms with Gasteiger partial charge in [-0.2, -0.15) is 4.98 Å². The van der Waals surface area contributed by atoms with E-state index in [2.05, 4.69) is 20.7 Å². The quantitative estimate of drug-likeness (QED) is 0.747. The topological polar surface area (TPSA) is 88.9 Å². The minimum atomic E-state index is -0.713. The molecule has 0 spiro atoms. The molecule has 2 N–H and O–H groups in total. The summed E-state index contributed by atoms with van der Waals surface area (Å²) in [6, 6.07) is 14.6. The number of aromatic nitrogens is 3. The van der Waals surface area contributed by atoms with Crippen LogP contribution in [0, 0.1) is 13.8 Å². The van der Waals surface area contributed by atoms with Crippen molar-refractivity contribution in [1.29, 1.82) is 0 Å². The van der Waals surface area contributed by atoms with Gasteiger partial charge in [-0.1, -0.05) is 42.5 Å². The summed E-state index contributed by atoms with van der Waals surface area (Å²) in [5, 5.41) is 10.0. The highest BCUT2D eigenvalue weighted by atomic mass is 16.2. The highest BCUT2D eigenvalue weighted by Crippen LogP contribution is 2.28. The van der Waals surface area contributed by atoms with Crippen molar-refractivity contribution in [2.24, 2.45) is 0 Å². The lowest BCUT2D eigenvalue weighted by molar-refractivity contribution is -0.123. The Morgan fingerprint density at radius 2 is 1.96 bits per heavy atom. The number of anilines is 2. The summed E-state index contributed by atoms with van der Waals surface area (Å²) in [5.74, 6) is 0.364. The van der Waals surface area contributed by atoms with Crippen molar-refractivity contribution in [3.8, 4) is 11.4 Å². The SMILES string of the molecule is Cc1ccc(C)c(NC(=O)C[C@H]2C(=O)Nc3nc(-c4ccccc4)nn32)c1. The van der Waals surface area contributed by atoms with Crippen LogP contribution in [0.4, 0.5) is 11.6 Å². The first kappa shape index (κ1) is 17.0. The molecule has 0 aliphatic carbocycles. The highest BCUT2D eigenvalue weighted by molar-refractivity contribution is 6.01. The standard InChI is InChI=1S/C20H19N5O2/c1-12-8-9-13(2)15(10-12)21-17(26)11-16-19(27)23-20-22-18(24-25(16)20)14-6-4-3-5-7-14/h3-10,16H,11H2,1-2H3,(H,21,26)(H,22,23,24,27)/t16-/m0/s1. The summed E-state index contributed by atoms with van der Waals surface area (Å²) >= 11 is 0. The molecular weight excluding hydrogens is 342 g/mol. The van der Waals surface area contributed by atoms with E-state index < -0.39 is 6.04 Å². The van der Waals surface area contributed by atoms with Gasteiger partial charge in [-0.3, -0.25) is 14.9 Å². The van der Waals surface area contributed by atoms with Crippen LogP contribution in [0.5, 0.6) is 0 Å². The fourth-order valence-corrected chi connectivity index (χ4v) is 3.07. The van der Waals surface area contributed by atoms with E-state index >= 15 is 0 Å². The summed E-state index contributed by atoms with van der Waals surface area (Å²) in [4.78, 5) is 29.1. The number of carbonyl (C=O) groups excluding carboxylic acids is 2. The van der Waals surface area contributed by atoms with Gasteiger partial charge < -0.3 is 5.32 Å². The maximum absolute atomic E-state index is 12.5. The van der Waals surface area contributed by atoms with Crippen molar-refractivity contribution in [3.63, 3.8) is 0 Å². The Bertz CT molecular complexity index is 1030. The molecule has 2 aromatic carbocycles. The van der Waals surface area contributed by atoms with Crippen LogP contribution in [0.15, 0.2) is 48.5 Å². The van der Waals surface area contributed by atoms with Crippen LogP contribution >= 0.6 is 0 Å². The van der Waals surface area contributed by atoms with Gasteiger partial charge in [0.05, 0.1) is 6.42 Å². The fraction of sp³-hybridized carbons (Fsp3) is 0.200. The molecule has 2 heterocycles. The van der Waals surface area contributed by atoms with E-state index in [1.807, 2.05) is 62.4 Å². The Kier molecular flexibility index (Phi) is 4.19. The zero-order valence-electron chi connectivity index (χ0n) is 15.1. The van der Waals surface area contributed by atoms with Crippen LogP contribution in [-0.2, 0) is 9.59 Å². The van der Waals surface area contributed by atoms with Crippen LogP contribution in [0.2, 0.25) is 0 Å². The van der Waals surface area contributed by atoms with E-state index in [1.165, 1.54) is 4.68 Å². The van der Waals surface area contributed by atoms with E-state index in [-0.39, 0.29) is 18.2 Å². The van der Waals surface area contributed by atoms with Gasteiger partial charge in [-0.15, -0.1) is 5.10 Å². The molecule has 7 nitrogen and oxygen atoms in total. The molecule has 3 aromatic rings. The van der Waals surface area contributed by atoms with Crippen LogP contribution < -0.4 is 10.6 Å². The average Bonchev–Trinajstić information content (AvgIpc) is 3.18. The van der Waals surface area contributed by atoms with Crippen LogP contribution in [0.25, 0.3) is 11.4 Å². The van der Waals surface area contributed by atoms with E-state index in [4.69, 9.17) is 0 Å². The molecule has 4 rings (SSSR count). The predicted octanol–water partition coefficient (Wildman–Crippen LogP) is 3.08. The van der Waals surface area contributed by atoms with E-state index in [0.29, 0.717) is 11.8 Å². The molecule has 0 radical (unpaired) electrons. The minimum Gasteiger partial charge on any atom is -0.326 e. The number of rotatable bonds is 4. The second-order valence-corrected chi connectivity index (χ2v) is 6.65. The number of carbonyl (C=O) groups is 2. The van der Waals surface area contributed by atoms with Gasteiger partial charge in [0.1, 0.15) is 6.04 Å². The number of hydrogen-bond acceptors (Lipinski definition) is 4. The number of aryl methyl sites for hydroxylation is 2. The molecule has 1 aliphatic rings. The van der Waals surface area contributed by atoms with Crippen LogP contribution in [-0.4, -0.2) is 26.6 Å². The summed E-state index contributed by atoms with van der Waals surface area (Å²) < 4.78 is 1.49. The number of nitrogens with zero attached hydrogens (tertiary/aromatic N) is 3. The lowest BCUT2D eigenvalue weighted by Gasteiger charge is -2.12. The van der Waals surface area contributed by atoms with Gasteiger partial charge in [0, 0.05) is 11.3 Å². The third-order valence-corrected chi connectivity index (χ3v) is 4.54. The predicted molar refractivity (Wildman–Crippen MR) is 102 cm³/mol. The van der Waals surface area contributed by atoms with Crippen molar-refractivity contribution in [3.05, 3.63) is 59.7 Å². The second kappa shape index (κ2) is 6.68. The van der Waals surface area contributed by atoms with Crippen molar-refractivity contribution in [2.75, 3.05) is 10.6 Å². The van der Waals surface area contributed by atoms with Gasteiger partial charge in [0.2, 0.25) is 11.9 Å². The maximum atomic E-state index is 12.5. The molecule has 0 fully saturated rings. The number of hydrogen-bond donors (Lipinski definition) is 2. The normalized spacial score (nSPS) is 15.3. The smallest absolute Gasteiger partial charge is 0.252 e. The van der Waals surface area contributed by atoms with Crippen molar-refractivity contribution in [1.82, 2.24) is 14.8 Å². The molecule has 1 atom stereocenters. The largest absolute Gasteiger partial charge is 0.326 e. The Morgan fingerprint density at radius 3 is 2.74 bits per heavy atom. The summed E-state index contributed by atoms with van der Waals surface area (Å²) in [6.07, 6.45) is -0.0101. The Labute approximate surface area is 156 Å². The zero-order valence-corrected chi connectivity index (χ0v) is 15.1. The second-order valence-electron chi connectivity index (χ2n) is 6.65. The maximum Gasteiger partial charge on any atom is 0.252 e. The first-order chi connectivity index (χ1) is 13.0. The third-order valence-electron chi connectivity index (χ3n) is 4.54. The molecule has 7 heteroatoms. The fourth-order valence-electron chi connectivity index (χ4n) is 3.07. The molecule has 0 saturated heterocycles. The van der Waals surface area contributed by atoms with Gasteiger partial charge in [0.25, 0.3) is 5.91 Å². The van der Waals surface area contributed by atoms with E-state index in [9.17, 15) is 9.59 Å². The third kappa shape index (κ3) is 3.31. The molecule has 0 saturated carbocycles. The van der Waals surface area contributed by atoms with Crippen molar-refractivity contribution in [2.45, 2.75) is 26.3 Å². The van der Waals surface area contributed by atoms with Crippen molar-refractivity contribution >= 4 is 23.5 Å². The molecule has 2 amide bonds. The first-order valence-corrected chi connectivity index (χ1v) is 8.71. The van der Waals surface area contributed by atoms with Crippen LogP contribution in [0.1, 0.15) is 23.6 Å². The van der Waals surface area contributed by atoms with Gasteiger partial charge in [-0.25, -0.2) is 4.68 Å². The molecule has 136 valence electrons. The lowest BCUT2D eigenvalue weighted by Crippen LogP contribution is -2.24. The number of benzene rings is 2. The number of amides is 2. The molecule has 1 aliphatic heterocycles. The van der Waals surface area contributed by atoms with E-state index in [0.717, 1.165) is 22.4 Å².